The number of hydrogen-bond donors (Lipinski definition) is 1. The van der Waals surface area contributed by atoms with E-state index >= 15 is 0 Å². The monoisotopic (exact) mass is 467 g/mol. The standard InChI is InChI=1S/C24H19ClFN3O2S/c1-13-4-5-17(25)12-21(13)28-14(2)10-16(15(28)3)11-20-22(30)27-24(32)29(23(20)31)19-8-6-18(26)7-9-19/h4-12H,1-3H3,(H,27,30,32)/b20-11-. The number of aryl methyl sites for hydroxylation is 2. The normalized spacial score (nSPS) is 15.5. The van der Waals surface area contributed by atoms with Gasteiger partial charge in [0.15, 0.2) is 5.11 Å². The molecule has 2 aromatic carbocycles. The van der Waals surface area contributed by atoms with Crippen molar-refractivity contribution < 1.29 is 14.0 Å². The van der Waals surface area contributed by atoms with Crippen LogP contribution in [0.15, 0.2) is 54.1 Å². The fraction of sp³-hybridized carbons (Fsp3) is 0.125. The van der Waals surface area contributed by atoms with Gasteiger partial charge in [0, 0.05) is 22.1 Å². The Morgan fingerprint density at radius 1 is 1.03 bits per heavy atom. The molecule has 162 valence electrons. The summed E-state index contributed by atoms with van der Waals surface area (Å²) in [4.78, 5) is 27.0. The zero-order valence-corrected chi connectivity index (χ0v) is 19.1. The molecule has 1 aliphatic rings. The van der Waals surface area contributed by atoms with E-state index in [-0.39, 0.29) is 10.7 Å². The molecule has 4 rings (SSSR count). The van der Waals surface area contributed by atoms with Gasteiger partial charge in [-0.1, -0.05) is 17.7 Å². The van der Waals surface area contributed by atoms with Gasteiger partial charge in [0.1, 0.15) is 11.4 Å². The van der Waals surface area contributed by atoms with Gasteiger partial charge in [0.05, 0.1) is 5.69 Å². The van der Waals surface area contributed by atoms with Crippen LogP contribution in [0.5, 0.6) is 0 Å². The third-order valence-corrected chi connectivity index (χ3v) is 5.89. The quantitative estimate of drug-likeness (QED) is 0.334. The van der Waals surface area contributed by atoms with Gasteiger partial charge in [-0.25, -0.2) is 4.39 Å². The number of nitrogens with one attached hydrogen (secondary N) is 1. The summed E-state index contributed by atoms with van der Waals surface area (Å²) in [6.07, 6.45) is 1.55. The first kappa shape index (κ1) is 21.9. The number of thiocarbonyl (C=S) groups is 1. The van der Waals surface area contributed by atoms with Gasteiger partial charge >= 0.3 is 0 Å². The van der Waals surface area contributed by atoms with Crippen LogP contribution in [0.25, 0.3) is 11.8 Å². The highest BCUT2D eigenvalue weighted by Crippen LogP contribution is 2.28. The maximum absolute atomic E-state index is 13.3. The van der Waals surface area contributed by atoms with Crippen LogP contribution in [0.4, 0.5) is 10.1 Å². The predicted octanol–water partition coefficient (Wildman–Crippen LogP) is 5.03. The van der Waals surface area contributed by atoms with Crippen LogP contribution in [0.1, 0.15) is 22.5 Å². The molecule has 2 heterocycles. The lowest BCUT2D eigenvalue weighted by atomic mass is 10.1. The van der Waals surface area contributed by atoms with Gasteiger partial charge in [-0.15, -0.1) is 0 Å². The number of benzene rings is 2. The van der Waals surface area contributed by atoms with E-state index in [4.69, 9.17) is 23.8 Å². The topological polar surface area (TPSA) is 54.3 Å². The number of halogens is 2. The molecule has 1 aromatic heterocycles. The molecular formula is C24H19ClFN3O2S. The fourth-order valence-corrected chi connectivity index (χ4v) is 4.21. The third kappa shape index (κ3) is 3.85. The minimum absolute atomic E-state index is 0.0521. The first-order valence-corrected chi connectivity index (χ1v) is 10.6. The van der Waals surface area contributed by atoms with Crippen LogP contribution < -0.4 is 10.2 Å². The van der Waals surface area contributed by atoms with E-state index in [2.05, 4.69) is 5.32 Å². The molecule has 0 unspecified atom stereocenters. The number of hydrogen-bond acceptors (Lipinski definition) is 3. The van der Waals surface area contributed by atoms with Crippen molar-refractivity contribution >= 4 is 52.5 Å². The molecular weight excluding hydrogens is 449 g/mol. The molecule has 1 aliphatic heterocycles. The molecule has 8 heteroatoms. The van der Waals surface area contributed by atoms with Crippen molar-refractivity contribution in [2.75, 3.05) is 4.90 Å². The van der Waals surface area contributed by atoms with E-state index in [1.54, 1.807) is 6.08 Å². The summed E-state index contributed by atoms with van der Waals surface area (Å²) in [5.41, 5.74) is 4.75. The second-order valence-corrected chi connectivity index (χ2v) is 8.35. The molecule has 0 radical (unpaired) electrons. The highest BCUT2D eigenvalue weighted by molar-refractivity contribution is 7.80. The van der Waals surface area contributed by atoms with Crippen molar-refractivity contribution in [3.63, 3.8) is 0 Å². The maximum atomic E-state index is 13.3. The van der Waals surface area contributed by atoms with Gasteiger partial charge < -0.3 is 4.57 Å². The van der Waals surface area contributed by atoms with Crippen molar-refractivity contribution in [3.05, 3.63) is 87.5 Å². The average Bonchev–Trinajstić information content (AvgIpc) is 3.01. The minimum Gasteiger partial charge on any atom is -0.318 e. The summed E-state index contributed by atoms with van der Waals surface area (Å²) in [6.45, 7) is 5.84. The molecule has 0 aliphatic carbocycles. The number of rotatable bonds is 3. The van der Waals surface area contributed by atoms with E-state index in [0.29, 0.717) is 16.3 Å². The highest BCUT2D eigenvalue weighted by Gasteiger charge is 2.34. The number of carbonyl (C=O) groups is 2. The molecule has 0 saturated carbocycles. The SMILES string of the molecule is Cc1ccc(Cl)cc1-n1c(C)cc(/C=C2/C(=O)NC(=S)N(c3ccc(F)cc3)C2=O)c1C. The van der Waals surface area contributed by atoms with E-state index in [1.807, 2.05) is 49.6 Å². The van der Waals surface area contributed by atoms with Crippen LogP contribution in [0.3, 0.4) is 0 Å². The fourth-order valence-electron chi connectivity index (χ4n) is 3.77. The largest absolute Gasteiger partial charge is 0.318 e. The Labute approximate surface area is 195 Å². The van der Waals surface area contributed by atoms with Crippen LogP contribution in [0.2, 0.25) is 5.02 Å². The van der Waals surface area contributed by atoms with Gasteiger partial charge in [0.2, 0.25) is 0 Å². The Balaban J connectivity index is 1.78. The second-order valence-electron chi connectivity index (χ2n) is 7.53. The molecule has 2 amide bonds. The molecule has 0 spiro atoms. The Hall–Kier alpha value is -3.29. The predicted molar refractivity (Wildman–Crippen MR) is 128 cm³/mol. The summed E-state index contributed by atoms with van der Waals surface area (Å²) in [7, 11) is 0. The summed E-state index contributed by atoms with van der Waals surface area (Å²) in [6, 6.07) is 12.9. The highest BCUT2D eigenvalue weighted by atomic mass is 35.5. The van der Waals surface area contributed by atoms with Crippen molar-refractivity contribution in [1.29, 1.82) is 0 Å². The average molecular weight is 468 g/mol. The molecule has 5 nitrogen and oxygen atoms in total. The van der Waals surface area contributed by atoms with Crippen molar-refractivity contribution in [3.8, 4) is 5.69 Å². The lowest BCUT2D eigenvalue weighted by molar-refractivity contribution is -0.122. The van der Waals surface area contributed by atoms with E-state index in [9.17, 15) is 14.0 Å². The van der Waals surface area contributed by atoms with Gasteiger partial charge in [-0.2, -0.15) is 0 Å². The van der Waals surface area contributed by atoms with Crippen molar-refractivity contribution in [1.82, 2.24) is 9.88 Å². The zero-order valence-electron chi connectivity index (χ0n) is 17.6. The van der Waals surface area contributed by atoms with Crippen molar-refractivity contribution in [2.24, 2.45) is 0 Å². The molecule has 1 saturated heterocycles. The first-order valence-electron chi connectivity index (χ1n) is 9.80. The Morgan fingerprint density at radius 3 is 2.41 bits per heavy atom. The number of amides is 2. The summed E-state index contributed by atoms with van der Waals surface area (Å²) in [5, 5.41) is 3.11. The lowest BCUT2D eigenvalue weighted by Gasteiger charge is -2.28. The Kier molecular flexibility index (Phi) is 5.71. The number of aromatic nitrogens is 1. The number of carbonyl (C=O) groups excluding carboxylic acids is 2. The maximum Gasteiger partial charge on any atom is 0.270 e. The zero-order chi connectivity index (χ0) is 23.2. The lowest BCUT2D eigenvalue weighted by Crippen LogP contribution is -2.54. The Morgan fingerprint density at radius 2 is 1.72 bits per heavy atom. The molecule has 0 bridgehead atoms. The van der Waals surface area contributed by atoms with Crippen LogP contribution in [0, 0.1) is 26.6 Å². The molecule has 3 aromatic rings. The van der Waals surface area contributed by atoms with Gasteiger partial charge in [0.25, 0.3) is 11.8 Å². The molecule has 1 N–H and O–H groups in total. The number of nitrogens with zero attached hydrogens (tertiary/aromatic N) is 2. The van der Waals surface area contributed by atoms with Crippen molar-refractivity contribution in [2.45, 2.75) is 20.8 Å². The van der Waals surface area contributed by atoms with Crippen LogP contribution >= 0.6 is 23.8 Å². The smallest absolute Gasteiger partial charge is 0.270 e. The second kappa shape index (κ2) is 8.33. The van der Waals surface area contributed by atoms with Crippen LogP contribution in [-0.4, -0.2) is 21.5 Å². The first-order chi connectivity index (χ1) is 15.2. The van der Waals surface area contributed by atoms with Crippen LogP contribution in [-0.2, 0) is 9.59 Å². The summed E-state index contributed by atoms with van der Waals surface area (Å²) < 4.78 is 15.4. The van der Waals surface area contributed by atoms with Gasteiger partial charge in [-0.05, 0) is 92.7 Å². The molecule has 0 atom stereocenters. The summed E-state index contributed by atoms with van der Waals surface area (Å²) >= 11 is 11.4. The molecule has 1 fully saturated rings. The van der Waals surface area contributed by atoms with E-state index in [0.717, 1.165) is 22.6 Å². The van der Waals surface area contributed by atoms with E-state index in [1.165, 1.54) is 29.2 Å². The summed E-state index contributed by atoms with van der Waals surface area (Å²) in [5.74, 6) is -1.59. The number of anilines is 1. The van der Waals surface area contributed by atoms with E-state index < -0.39 is 17.6 Å². The van der Waals surface area contributed by atoms with Gasteiger partial charge in [-0.3, -0.25) is 19.8 Å². The minimum atomic E-state index is -0.581. The Bertz CT molecular complexity index is 1310. The third-order valence-electron chi connectivity index (χ3n) is 5.37. The molecule has 32 heavy (non-hydrogen) atoms.